The number of rotatable bonds is 6. The Morgan fingerprint density at radius 2 is 1.92 bits per heavy atom. The molecule has 0 bridgehead atoms. The molecular weight excluding hydrogens is 465 g/mol. The Balaban J connectivity index is 2.46. The molecule has 0 spiro atoms. The van der Waals surface area contributed by atoms with Gasteiger partial charge in [-0.3, -0.25) is 4.31 Å². The van der Waals surface area contributed by atoms with Gasteiger partial charge in [-0.05, 0) is 68.3 Å². The number of ether oxygens (including phenoxy) is 1. The van der Waals surface area contributed by atoms with Crippen LogP contribution in [0.25, 0.3) is 0 Å². The van der Waals surface area contributed by atoms with Crippen molar-refractivity contribution in [2.45, 2.75) is 51.0 Å². The number of benzene rings is 1. The summed E-state index contributed by atoms with van der Waals surface area (Å²) in [5.74, 6) is -0.535. The number of allylic oxidation sites excluding steroid dienone is 3. The monoisotopic (exact) mass is 489 g/mol. The normalized spacial score (nSPS) is 17.4. The number of sulfonamides is 1. The van der Waals surface area contributed by atoms with Crippen molar-refractivity contribution in [1.29, 1.82) is 0 Å². The number of aryl methyl sites for hydroxylation is 1. The molecule has 0 saturated heterocycles. The number of hydrogen-bond acceptors (Lipinski definition) is 4. The molecule has 142 valence electrons. The zero-order valence-electron chi connectivity index (χ0n) is 15.5. The Morgan fingerprint density at radius 3 is 2.46 bits per heavy atom. The van der Waals surface area contributed by atoms with Gasteiger partial charge in [0.1, 0.15) is 6.04 Å². The molecule has 0 amide bonds. The van der Waals surface area contributed by atoms with Gasteiger partial charge in [-0.2, -0.15) is 0 Å². The summed E-state index contributed by atoms with van der Waals surface area (Å²) in [6, 6.07) is 5.83. The summed E-state index contributed by atoms with van der Waals surface area (Å²) < 4.78 is 33.6. The maximum Gasteiger partial charge on any atom is 0.330 e. The van der Waals surface area contributed by atoms with Crippen LogP contribution in [-0.4, -0.2) is 31.8 Å². The summed E-state index contributed by atoms with van der Waals surface area (Å²) in [6.45, 7) is 5.91. The molecule has 1 atom stereocenters. The Kier molecular flexibility index (Phi) is 6.90. The van der Waals surface area contributed by atoms with Gasteiger partial charge in [-0.25, -0.2) is 13.2 Å². The van der Waals surface area contributed by atoms with Gasteiger partial charge in [0.15, 0.2) is 0 Å². The first-order chi connectivity index (χ1) is 12.2. The van der Waals surface area contributed by atoms with Crippen molar-refractivity contribution in [2.24, 2.45) is 0 Å². The van der Waals surface area contributed by atoms with E-state index in [9.17, 15) is 13.2 Å². The number of carbonyl (C=O) groups excluding carboxylic acids is 1. The van der Waals surface area contributed by atoms with Gasteiger partial charge < -0.3 is 4.74 Å². The fraction of sp³-hybridized carbons (Fsp3) is 0.421. The van der Waals surface area contributed by atoms with Crippen LogP contribution in [0.3, 0.4) is 0 Å². The molecule has 0 aliphatic carbocycles. The molecule has 1 aliphatic rings. The summed E-state index contributed by atoms with van der Waals surface area (Å²) in [7, 11) is -2.56. The van der Waals surface area contributed by atoms with E-state index in [0.29, 0.717) is 18.5 Å². The van der Waals surface area contributed by atoms with Crippen molar-refractivity contribution in [3.8, 4) is 0 Å². The van der Waals surface area contributed by atoms with E-state index in [1.54, 1.807) is 24.3 Å². The predicted molar refractivity (Wildman–Crippen MR) is 110 cm³/mol. The second-order valence-corrected chi connectivity index (χ2v) is 9.65. The van der Waals surface area contributed by atoms with Crippen molar-refractivity contribution in [2.75, 3.05) is 7.11 Å². The topological polar surface area (TPSA) is 63.7 Å². The van der Waals surface area contributed by atoms with Crippen LogP contribution in [0.15, 0.2) is 50.1 Å². The molecule has 0 fully saturated rings. The van der Waals surface area contributed by atoms with E-state index >= 15 is 0 Å². The first-order valence-electron chi connectivity index (χ1n) is 8.38. The molecule has 1 aromatic rings. The van der Waals surface area contributed by atoms with Crippen LogP contribution < -0.4 is 0 Å². The number of halogens is 1. The quantitative estimate of drug-likeness (QED) is 0.339. The van der Waals surface area contributed by atoms with Crippen LogP contribution in [0.4, 0.5) is 0 Å². The third kappa shape index (κ3) is 4.49. The maximum absolute atomic E-state index is 13.3. The molecule has 0 aromatic heterocycles. The van der Waals surface area contributed by atoms with E-state index in [1.165, 1.54) is 17.0 Å². The smallest absolute Gasteiger partial charge is 0.330 e. The average Bonchev–Trinajstić information content (AvgIpc) is 2.91. The van der Waals surface area contributed by atoms with Crippen LogP contribution >= 0.6 is 22.6 Å². The van der Waals surface area contributed by atoms with Crippen molar-refractivity contribution in [3.05, 3.63) is 50.8 Å². The molecule has 0 radical (unpaired) electrons. The zero-order valence-corrected chi connectivity index (χ0v) is 18.4. The van der Waals surface area contributed by atoms with E-state index < -0.39 is 22.0 Å². The third-order valence-corrected chi connectivity index (χ3v) is 7.14. The van der Waals surface area contributed by atoms with E-state index in [4.69, 9.17) is 4.74 Å². The summed E-state index contributed by atoms with van der Waals surface area (Å²) >= 11 is 2.14. The minimum Gasteiger partial charge on any atom is -0.467 e. The molecule has 1 aromatic carbocycles. The highest BCUT2D eigenvalue weighted by molar-refractivity contribution is 14.1. The molecule has 0 N–H and O–H groups in total. The molecular formula is C19H24INO4S. The van der Waals surface area contributed by atoms with Crippen LogP contribution in [-0.2, 0) is 19.6 Å². The average molecular weight is 489 g/mol. The standard InChI is InChI=1S/C19H24INO4S/c1-13(2)6-5-7-17-16(20)12-18(19(22)25-4)21(17)26(23,24)15-10-8-14(3)9-11-15/h6,8-11,18H,5,7,12H2,1-4H3. The molecule has 7 heteroatoms. The minimum absolute atomic E-state index is 0.183. The molecule has 1 unspecified atom stereocenters. The second kappa shape index (κ2) is 8.56. The van der Waals surface area contributed by atoms with E-state index in [2.05, 4.69) is 28.7 Å². The van der Waals surface area contributed by atoms with Crippen molar-refractivity contribution in [1.82, 2.24) is 4.31 Å². The van der Waals surface area contributed by atoms with E-state index in [0.717, 1.165) is 15.6 Å². The number of nitrogens with zero attached hydrogens (tertiary/aromatic N) is 1. The van der Waals surface area contributed by atoms with E-state index in [-0.39, 0.29) is 4.90 Å². The minimum atomic E-state index is -3.84. The fourth-order valence-electron chi connectivity index (χ4n) is 2.87. The molecule has 26 heavy (non-hydrogen) atoms. The lowest BCUT2D eigenvalue weighted by molar-refractivity contribution is -0.144. The Labute approximate surface area is 169 Å². The van der Waals surface area contributed by atoms with Gasteiger partial charge in [0.25, 0.3) is 10.0 Å². The molecule has 0 saturated carbocycles. The predicted octanol–water partition coefficient (Wildman–Crippen LogP) is 4.32. The molecule has 2 rings (SSSR count). The van der Waals surface area contributed by atoms with Gasteiger partial charge in [-0.1, -0.05) is 29.3 Å². The molecule has 5 nitrogen and oxygen atoms in total. The van der Waals surface area contributed by atoms with Gasteiger partial charge >= 0.3 is 5.97 Å². The summed E-state index contributed by atoms with van der Waals surface area (Å²) in [5, 5.41) is 0. The Bertz CT molecular complexity index is 837. The van der Waals surface area contributed by atoms with Gasteiger partial charge in [0.05, 0.1) is 12.0 Å². The number of esters is 1. The first-order valence-corrected chi connectivity index (χ1v) is 10.9. The van der Waals surface area contributed by atoms with Gasteiger partial charge in [0.2, 0.25) is 0 Å². The van der Waals surface area contributed by atoms with Crippen LogP contribution in [0.2, 0.25) is 0 Å². The lowest BCUT2D eigenvalue weighted by atomic mass is 10.2. The Morgan fingerprint density at radius 1 is 1.31 bits per heavy atom. The second-order valence-electron chi connectivity index (χ2n) is 6.53. The fourth-order valence-corrected chi connectivity index (χ4v) is 5.68. The maximum atomic E-state index is 13.3. The lowest BCUT2D eigenvalue weighted by Gasteiger charge is -2.27. The highest BCUT2D eigenvalue weighted by Crippen LogP contribution is 2.40. The summed E-state index contributed by atoms with van der Waals surface area (Å²) in [4.78, 5) is 12.4. The Hall–Kier alpha value is -1.35. The molecule has 1 aliphatic heterocycles. The largest absolute Gasteiger partial charge is 0.467 e. The zero-order chi connectivity index (χ0) is 19.5. The first kappa shape index (κ1) is 21.0. The number of methoxy groups -OCH3 is 1. The van der Waals surface area contributed by atoms with Crippen molar-refractivity contribution < 1.29 is 17.9 Å². The number of hydrogen-bond donors (Lipinski definition) is 0. The van der Waals surface area contributed by atoms with Crippen LogP contribution in [0.5, 0.6) is 0 Å². The summed E-state index contributed by atoms with van der Waals surface area (Å²) in [5.41, 5.74) is 2.83. The van der Waals surface area contributed by atoms with Crippen molar-refractivity contribution in [3.63, 3.8) is 0 Å². The third-order valence-electron chi connectivity index (χ3n) is 4.22. The SMILES string of the molecule is COC(=O)C1CC(I)=C(CCC=C(C)C)N1S(=O)(=O)c1ccc(C)cc1. The van der Waals surface area contributed by atoms with E-state index in [1.807, 2.05) is 20.8 Å². The van der Waals surface area contributed by atoms with Gasteiger partial charge in [-0.15, -0.1) is 0 Å². The van der Waals surface area contributed by atoms with Crippen LogP contribution in [0, 0.1) is 6.92 Å². The highest BCUT2D eigenvalue weighted by atomic mass is 127. The van der Waals surface area contributed by atoms with Gasteiger partial charge in [0, 0.05) is 15.7 Å². The summed E-state index contributed by atoms with van der Waals surface area (Å²) in [6.07, 6.45) is 3.70. The van der Waals surface area contributed by atoms with Crippen molar-refractivity contribution >= 4 is 38.6 Å². The molecule has 1 heterocycles. The van der Waals surface area contributed by atoms with Crippen LogP contribution in [0.1, 0.15) is 38.7 Å². The number of carbonyl (C=O) groups is 1. The highest BCUT2D eigenvalue weighted by Gasteiger charge is 2.43. The lowest BCUT2D eigenvalue weighted by Crippen LogP contribution is -2.41.